The fraction of sp³-hybridized carbons (Fsp3) is 0.632. The van der Waals surface area contributed by atoms with Crippen LogP contribution in [0.3, 0.4) is 0 Å². The Bertz CT molecular complexity index is 1230. The van der Waals surface area contributed by atoms with E-state index in [1.54, 1.807) is 0 Å². The van der Waals surface area contributed by atoms with Crippen molar-refractivity contribution in [3.05, 3.63) is 71.8 Å². The van der Waals surface area contributed by atoms with Gasteiger partial charge in [-0.25, -0.2) is 0 Å². The Morgan fingerprint density at radius 2 is 0.978 bits per heavy atom. The van der Waals surface area contributed by atoms with Crippen LogP contribution in [0.1, 0.15) is 125 Å². The van der Waals surface area contributed by atoms with Crippen LogP contribution < -0.4 is 0 Å². The zero-order chi connectivity index (χ0) is 34.3. The highest BCUT2D eigenvalue weighted by Crippen LogP contribution is 2.58. The molecule has 0 saturated carbocycles. The van der Waals surface area contributed by atoms with E-state index in [1.165, 1.54) is 0 Å². The summed E-state index contributed by atoms with van der Waals surface area (Å²) in [5, 5.41) is 25.6. The Hall–Kier alpha value is -2.78. The topological polar surface area (TPSA) is 99.5 Å². The number of carboxylic acid groups (broad SMARTS) is 2. The number of hydrogen-bond acceptors (Lipinski definition) is 6. The molecule has 2 aromatic rings. The Kier molecular flexibility index (Phi) is 10.2. The smallest absolute Gasteiger partial charge is 0.310 e. The Morgan fingerprint density at radius 3 is 1.24 bits per heavy atom. The second-order valence-corrected chi connectivity index (χ2v) is 16.3. The highest BCUT2D eigenvalue weighted by atomic mass is 16.7. The van der Waals surface area contributed by atoms with Crippen molar-refractivity contribution in [2.75, 3.05) is 0 Å². The van der Waals surface area contributed by atoms with E-state index in [9.17, 15) is 19.8 Å². The van der Waals surface area contributed by atoms with Crippen LogP contribution in [0.2, 0.25) is 0 Å². The van der Waals surface area contributed by atoms with Gasteiger partial charge in [0.15, 0.2) is 0 Å². The molecule has 2 aromatic carbocycles. The zero-order valence-corrected chi connectivity index (χ0v) is 29.5. The maximum absolute atomic E-state index is 13.7. The quantitative estimate of drug-likeness (QED) is 0.253. The van der Waals surface area contributed by atoms with Gasteiger partial charge in [0.2, 0.25) is 0 Å². The molecule has 0 radical (unpaired) electrons. The molecule has 2 heterocycles. The summed E-state index contributed by atoms with van der Waals surface area (Å²) in [7, 11) is 0. The highest BCUT2D eigenvalue weighted by molar-refractivity contribution is 5.82. The Morgan fingerprint density at radius 1 is 0.674 bits per heavy atom. The number of carbonyl (C=O) groups is 2. The van der Waals surface area contributed by atoms with Crippen molar-refractivity contribution in [3.8, 4) is 0 Å². The summed E-state index contributed by atoms with van der Waals surface area (Å²) < 4.78 is 0. The number of hydrogen-bond donors (Lipinski definition) is 2. The van der Waals surface area contributed by atoms with Crippen LogP contribution >= 0.6 is 0 Å². The standard InChI is InChI=1S/C38H56N2O6/c1-26(28-17-13-11-14-18-28)45-39-34(3,4)21-30(22-35(39,5)6)38(33(43)44,25-32(41)42)31-23-36(7,8)40(37(9,10)24-31)46-27(2)29-19-15-12-16-20-29/h11-20,26-27,30-31H,21-25H2,1-10H3,(H,41,42)(H,43,44). The summed E-state index contributed by atoms with van der Waals surface area (Å²) in [6, 6.07) is 20.1. The lowest BCUT2D eigenvalue weighted by atomic mass is 9.53. The van der Waals surface area contributed by atoms with Crippen molar-refractivity contribution < 1.29 is 29.5 Å². The van der Waals surface area contributed by atoms with Gasteiger partial charge in [0.1, 0.15) is 12.2 Å². The first-order valence-corrected chi connectivity index (χ1v) is 16.7. The molecule has 8 heteroatoms. The maximum Gasteiger partial charge on any atom is 0.310 e. The molecular formula is C38H56N2O6. The summed E-state index contributed by atoms with van der Waals surface area (Å²) in [5.74, 6) is -2.90. The molecule has 46 heavy (non-hydrogen) atoms. The van der Waals surface area contributed by atoms with Crippen LogP contribution in [0.5, 0.6) is 0 Å². The molecule has 4 rings (SSSR count). The van der Waals surface area contributed by atoms with Crippen LogP contribution in [-0.2, 0) is 19.3 Å². The van der Waals surface area contributed by atoms with E-state index in [0.29, 0.717) is 25.7 Å². The Balaban J connectivity index is 1.69. The van der Waals surface area contributed by atoms with Gasteiger partial charge in [-0.05, 0) is 118 Å². The van der Waals surface area contributed by atoms with Crippen LogP contribution in [0.4, 0.5) is 0 Å². The van der Waals surface area contributed by atoms with E-state index in [0.717, 1.165) is 11.1 Å². The minimum absolute atomic E-state index is 0.205. The number of piperidine rings is 2. The summed E-state index contributed by atoms with van der Waals surface area (Å²) in [6.07, 6.45) is 1.10. The van der Waals surface area contributed by atoms with Gasteiger partial charge >= 0.3 is 11.9 Å². The zero-order valence-electron chi connectivity index (χ0n) is 29.5. The lowest BCUT2D eigenvalue weighted by Gasteiger charge is -2.61. The third-order valence-electron chi connectivity index (χ3n) is 10.5. The minimum atomic E-state index is -1.48. The number of aliphatic carboxylic acids is 2. The second kappa shape index (κ2) is 13.0. The largest absolute Gasteiger partial charge is 0.481 e. The average molecular weight is 637 g/mol. The lowest BCUT2D eigenvalue weighted by molar-refractivity contribution is -0.325. The Labute approximate surface area is 276 Å². The molecule has 0 aromatic heterocycles. The van der Waals surface area contributed by atoms with Gasteiger partial charge in [-0.2, -0.15) is 10.1 Å². The molecule has 254 valence electrons. The summed E-state index contributed by atoms with van der Waals surface area (Å²) in [4.78, 5) is 39.7. The van der Waals surface area contributed by atoms with Crippen LogP contribution in [0.25, 0.3) is 0 Å². The van der Waals surface area contributed by atoms with Gasteiger partial charge in [-0.15, -0.1) is 0 Å². The number of benzene rings is 2. The average Bonchev–Trinajstić information content (AvgIpc) is 2.95. The van der Waals surface area contributed by atoms with Crippen molar-refractivity contribution >= 4 is 11.9 Å². The number of nitrogens with zero attached hydrogens (tertiary/aromatic N) is 2. The molecule has 2 aliphatic rings. The van der Waals surface area contributed by atoms with Gasteiger partial charge in [-0.3, -0.25) is 19.3 Å². The SMILES string of the molecule is CC(ON1C(C)(C)CC(C(CC(=O)O)(C(=O)O)C2CC(C)(C)N(OC(C)c3ccccc3)C(C)(C)C2)CC1(C)C)c1ccccc1. The number of hydroxylamine groups is 4. The predicted molar refractivity (Wildman–Crippen MR) is 180 cm³/mol. The molecule has 8 nitrogen and oxygen atoms in total. The van der Waals surface area contributed by atoms with Crippen LogP contribution in [-0.4, -0.2) is 54.4 Å². The molecule has 0 aliphatic carbocycles. The van der Waals surface area contributed by atoms with E-state index >= 15 is 0 Å². The van der Waals surface area contributed by atoms with Gasteiger partial charge < -0.3 is 10.2 Å². The normalized spacial score (nSPS) is 24.5. The van der Waals surface area contributed by atoms with Crippen molar-refractivity contribution in [3.63, 3.8) is 0 Å². The summed E-state index contributed by atoms with van der Waals surface area (Å²) in [6.45, 7) is 20.7. The fourth-order valence-corrected chi connectivity index (χ4v) is 9.01. The molecule has 0 bridgehead atoms. The third-order valence-corrected chi connectivity index (χ3v) is 10.5. The minimum Gasteiger partial charge on any atom is -0.481 e. The third kappa shape index (κ3) is 7.20. The van der Waals surface area contributed by atoms with E-state index in [4.69, 9.17) is 9.68 Å². The van der Waals surface area contributed by atoms with Crippen molar-refractivity contribution in [1.82, 2.24) is 10.1 Å². The predicted octanol–water partition coefficient (Wildman–Crippen LogP) is 8.46. The first-order valence-electron chi connectivity index (χ1n) is 16.7. The molecule has 0 amide bonds. The van der Waals surface area contributed by atoms with Gasteiger partial charge in [-0.1, -0.05) is 60.7 Å². The number of rotatable bonds is 11. The van der Waals surface area contributed by atoms with Crippen molar-refractivity contribution in [2.45, 2.75) is 136 Å². The molecule has 2 fully saturated rings. The molecular weight excluding hydrogens is 580 g/mol. The monoisotopic (exact) mass is 636 g/mol. The molecule has 2 saturated heterocycles. The first-order chi connectivity index (χ1) is 21.2. The van der Waals surface area contributed by atoms with E-state index in [-0.39, 0.29) is 12.2 Å². The van der Waals surface area contributed by atoms with E-state index in [1.807, 2.05) is 84.6 Å². The van der Waals surface area contributed by atoms with Crippen molar-refractivity contribution in [2.24, 2.45) is 17.3 Å². The number of carboxylic acids is 2. The van der Waals surface area contributed by atoms with Crippen molar-refractivity contribution in [1.29, 1.82) is 0 Å². The van der Waals surface area contributed by atoms with Crippen LogP contribution in [0.15, 0.2) is 60.7 Å². The molecule has 2 N–H and O–H groups in total. The lowest BCUT2D eigenvalue weighted by Crippen LogP contribution is -2.67. The van der Waals surface area contributed by atoms with E-state index < -0.39 is 57.8 Å². The first kappa shape index (κ1) is 36.1. The summed E-state index contributed by atoms with van der Waals surface area (Å²) >= 11 is 0. The molecule has 2 aliphatic heterocycles. The molecule has 2 unspecified atom stereocenters. The summed E-state index contributed by atoms with van der Waals surface area (Å²) in [5.41, 5.74) is -1.61. The fourth-order valence-electron chi connectivity index (χ4n) is 9.01. The maximum atomic E-state index is 13.7. The van der Waals surface area contributed by atoms with Gasteiger partial charge in [0.25, 0.3) is 0 Å². The highest BCUT2D eigenvalue weighted by Gasteiger charge is 2.63. The molecule has 2 atom stereocenters. The van der Waals surface area contributed by atoms with Gasteiger partial charge in [0.05, 0.1) is 11.8 Å². The molecule has 0 spiro atoms. The van der Waals surface area contributed by atoms with E-state index in [2.05, 4.69) is 55.4 Å². The second-order valence-electron chi connectivity index (χ2n) is 16.3. The van der Waals surface area contributed by atoms with Gasteiger partial charge in [0, 0.05) is 22.2 Å². The van der Waals surface area contributed by atoms with Crippen LogP contribution in [0, 0.1) is 17.3 Å².